The number of amidine groups is 1. The summed E-state index contributed by atoms with van der Waals surface area (Å²) in [6.45, 7) is 2.10. The summed E-state index contributed by atoms with van der Waals surface area (Å²) < 4.78 is 0. The van der Waals surface area contributed by atoms with Gasteiger partial charge in [0.2, 0.25) is 0 Å². The highest BCUT2D eigenvalue weighted by Gasteiger charge is 2.20. The van der Waals surface area contributed by atoms with E-state index in [1.807, 2.05) is 0 Å². The monoisotopic (exact) mass is 220 g/mol. The van der Waals surface area contributed by atoms with E-state index in [9.17, 15) is 0 Å². The average molecular weight is 220 g/mol. The van der Waals surface area contributed by atoms with Crippen molar-refractivity contribution < 1.29 is 0 Å². The van der Waals surface area contributed by atoms with Gasteiger partial charge in [0.1, 0.15) is 5.84 Å². The summed E-state index contributed by atoms with van der Waals surface area (Å²) in [6, 6.07) is 9.00. The first-order chi connectivity index (χ1) is 7.24. The molecule has 80 valence electrons. The van der Waals surface area contributed by atoms with E-state index in [1.54, 1.807) is 11.8 Å². The quantitative estimate of drug-likeness (QED) is 0.481. The normalized spacial score (nSPS) is 16.7. The molecule has 0 bridgehead atoms. The average Bonchev–Trinajstić information content (AvgIpc) is 2.99. The Morgan fingerprint density at radius 1 is 1.53 bits per heavy atom. The van der Waals surface area contributed by atoms with Crippen LogP contribution in [0.2, 0.25) is 0 Å². The van der Waals surface area contributed by atoms with E-state index >= 15 is 0 Å². The Kier molecular flexibility index (Phi) is 3.31. The second-order valence-corrected chi connectivity index (χ2v) is 5.01. The van der Waals surface area contributed by atoms with Crippen molar-refractivity contribution in [1.29, 1.82) is 0 Å². The number of rotatable bonds is 4. The number of hydrogen-bond acceptors (Lipinski definition) is 2. The molecule has 1 aromatic carbocycles. The summed E-state index contributed by atoms with van der Waals surface area (Å²) in [5.41, 5.74) is 7.12. The molecule has 0 aliphatic heterocycles. The second kappa shape index (κ2) is 4.71. The lowest BCUT2D eigenvalue weighted by Crippen LogP contribution is -2.15. The maximum Gasteiger partial charge on any atom is 0.104 e. The first-order valence-corrected chi connectivity index (χ1v) is 6.24. The van der Waals surface area contributed by atoms with Gasteiger partial charge in [-0.15, -0.1) is 11.8 Å². The van der Waals surface area contributed by atoms with Gasteiger partial charge in [-0.3, -0.25) is 4.99 Å². The highest BCUT2D eigenvalue weighted by Crippen LogP contribution is 2.24. The third kappa shape index (κ3) is 3.59. The third-order valence-corrected chi connectivity index (χ3v) is 3.30. The highest BCUT2D eigenvalue weighted by atomic mass is 32.2. The lowest BCUT2D eigenvalue weighted by Gasteiger charge is -2.02. The maximum absolute atomic E-state index is 5.83. The zero-order chi connectivity index (χ0) is 10.7. The topological polar surface area (TPSA) is 38.4 Å². The molecule has 0 amide bonds. The Hall–Kier alpha value is -0.960. The summed E-state index contributed by atoms with van der Waals surface area (Å²) in [5.74, 6) is 1.59. The molecule has 0 heterocycles. The molecule has 1 aliphatic rings. The fraction of sp³-hybridized carbons (Fsp3) is 0.417. The molecule has 1 aliphatic carbocycles. The molecule has 0 unspecified atom stereocenters. The molecule has 0 aromatic heterocycles. The minimum Gasteiger partial charge on any atom is -0.387 e. The molecule has 1 fully saturated rings. The standard InChI is InChI=1S/C12H16N2S/c1-9-3-2-4-11(7-9)15-8-12(13)14-10-5-6-10/h2-4,7,10H,5-6,8H2,1H3,(H2,13,14). The van der Waals surface area contributed by atoms with Crippen LogP contribution in [0.1, 0.15) is 18.4 Å². The molecule has 1 aromatic rings. The van der Waals surface area contributed by atoms with Gasteiger partial charge < -0.3 is 5.73 Å². The van der Waals surface area contributed by atoms with Crippen molar-refractivity contribution in [2.45, 2.75) is 30.7 Å². The van der Waals surface area contributed by atoms with Crippen LogP contribution in [-0.2, 0) is 0 Å². The lowest BCUT2D eigenvalue weighted by atomic mass is 10.2. The Morgan fingerprint density at radius 3 is 3.00 bits per heavy atom. The van der Waals surface area contributed by atoms with Crippen molar-refractivity contribution in [2.24, 2.45) is 10.7 Å². The van der Waals surface area contributed by atoms with Gasteiger partial charge in [0.25, 0.3) is 0 Å². The molecule has 3 heteroatoms. The van der Waals surface area contributed by atoms with Gasteiger partial charge in [-0.2, -0.15) is 0 Å². The molecule has 0 radical (unpaired) electrons. The molecule has 1 saturated carbocycles. The van der Waals surface area contributed by atoms with Crippen molar-refractivity contribution in [3.8, 4) is 0 Å². The zero-order valence-electron chi connectivity index (χ0n) is 8.94. The Labute approximate surface area is 95.0 Å². The fourth-order valence-electron chi connectivity index (χ4n) is 1.34. The largest absolute Gasteiger partial charge is 0.387 e. The van der Waals surface area contributed by atoms with Crippen LogP contribution >= 0.6 is 11.8 Å². The van der Waals surface area contributed by atoms with E-state index in [-0.39, 0.29) is 0 Å². The number of hydrogen-bond donors (Lipinski definition) is 1. The van der Waals surface area contributed by atoms with Gasteiger partial charge in [-0.05, 0) is 31.9 Å². The molecular formula is C12H16N2S. The minimum atomic E-state index is 0.531. The second-order valence-electron chi connectivity index (χ2n) is 3.96. The van der Waals surface area contributed by atoms with Crippen LogP contribution in [0.15, 0.2) is 34.2 Å². The predicted molar refractivity (Wildman–Crippen MR) is 66.5 cm³/mol. The summed E-state index contributed by atoms with van der Waals surface area (Å²) in [4.78, 5) is 5.67. The SMILES string of the molecule is Cc1cccc(SCC(N)=NC2CC2)c1. The van der Waals surface area contributed by atoms with Crippen molar-refractivity contribution in [2.75, 3.05) is 5.75 Å². The van der Waals surface area contributed by atoms with E-state index in [1.165, 1.54) is 23.3 Å². The minimum absolute atomic E-state index is 0.531. The molecule has 2 nitrogen and oxygen atoms in total. The van der Waals surface area contributed by atoms with Gasteiger partial charge in [-0.1, -0.05) is 17.7 Å². The molecule has 2 N–H and O–H groups in total. The maximum atomic E-state index is 5.83. The van der Waals surface area contributed by atoms with Gasteiger partial charge >= 0.3 is 0 Å². The number of benzene rings is 1. The van der Waals surface area contributed by atoms with Crippen molar-refractivity contribution in [3.05, 3.63) is 29.8 Å². The molecule has 0 saturated heterocycles. The van der Waals surface area contributed by atoms with Crippen LogP contribution in [-0.4, -0.2) is 17.6 Å². The Balaban J connectivity index is 1.86. The molecule has 0 atom stereocenters. The van der Waals surface area contributed by atoms with E-state index in [0.717, 1.165) is 11.6 Å². The van der Waals surface area contributed by atoms with Crippen LogP contribution in [0.5, 0.6) is 0 Å². The number of aryl methyl sites for hydroxylation is 1. The molecule has 2 rings (SSSR count). The van der Waals surface area contributed by atoms with Gasteiger partial charge in [0.15, 0.2) is 0 Å². The van der Waals surface area contributed by atoms with Gasteiger partial charge in [-0.25, -0.2) is 0 Å². The van der Waals surface area contributed by atoms with Gasteiger partial charge in [0, 0.05) is 4.90 Å². The van der Waals surface area contributed by atoms with Crippen LogP contribution in [0.3, 0.4) is 0 Å². The predicted octanol–water partition coefficient (Wildman–Crippen LogP) is 2.61. The smallest absolute Gasteiger partial charge is 0.104 e. The highest BCUT2D eigenvalue weighted by molar-refractivity contribution is 8.00. The number of aliphatic imine (C=N–C) groups is 1. The summed E-state index contributed by atoms with van der Waals surface area (Å²) in [6.07, 6.45) is 2.44. The van der Waals surface area contributed by atoms with Crippen molar-refractivity contribution in [1.82, 2.24) is 0 Å². The van der Waals surface area contributed by atoms with Crippen LogP contribution in [0.25, 0.3) is 0 Å². The zero-order valence-corrected chi connectivity index (χ0v) is 9.76. The fourth-order valence-corrected chi connectivity index (χ4v) is 2.17. The van der Waals surface area contributed by atoms with Crippen LogP contribution in [0.4, 0.5) is 0 Å². The summed E-state index contributed by atoms with van der Waals surface area (Å²) in [5, 5.41) is 0. The van der Waals surface area contributed by atoms with Crippen LogP contribution in [0, 0.1) is 6.92 Å². The van der Waals surface area contributed by atoms with E-state index in [2.05, 4.69) is 36.2 Å². The molecule has 0 spiro atoms. The van der Waals surface area contributed by atoms with E-state index < -0.39 is 0 Å². The summed E-state index contributed by atoms with van der Waals surface area (Å²) >= 11 is 1.76. The molecular weight excluding hydrogens is 204 g/mol. The lowest BCUT2D eigenvalue weighted by molar-refractivity contribution is 1.06. The van der Waals surface area contributed by atoms with Crippen LogP contribution < -0.4 is 5.73 Å². The van der Waals surface area contributed by atoms with E-state index in [4.69, 9.17) is 5.73 Å². The third-order valence-electron chi connectivity index (χ3n) is 2.27. The first kappa shape index (κ1) is 10.6. The number of thioether (sulfide) groups is 1. The number of nitrogens with two attached hydrogens (primary N) is 1. The summed E-state index contributed by atoms with van der Waals surface area (Å²) in [7, 11) is 0. The first-order valence-electron chi connectivity index (χ1n) is 5.25. The van der Waals surface area contributed by atoms with Crippen molar-refractivity contribution >= 4 is 17.6 Å². The van der Waals surface area contributed by atoms with Gasteiger partial charge in [0.05, 0.1) is 11.8 Å². The number of nitrogens with zero attached hydrogens (tertiary/aromatic N) is 1. The Morgan fingerprint density at radius 2 is 2.33 bits per heavy atom. The molecule has 15 heavy (non-hydrogen) atoms. The van der Waals surface area contributed by atoms with E-state index in [0.29, 0.717) is 6.04 Å². The Bertz CT molecular complexity index is 370. The van der Waals surface area contributed by atoms with Crippen molar-refractivity contribution in [3.63, 3.8) is 0 Å².